The van der Waals surface area contributed by atoms with Gasteiger partial charge >= 0.3 is 0 Å². The van der Waals surface area contributed by atoms with Crippen molar-refractivity contribution in [3.63, 3.8) is 0 Å². The summed E-state index contributed by atoms with van der Waals surface area (Å²) in [7, 11) is 1.82. The van der Waals surface area contributed by atoms with E-state index in [1.54, 1.807) is 23.1 Å². The second-order valence-electron chi connectivity index (χ2n) is 4.01. The molecule has 0 aliphatic carbocycles. The van der Waals surface area contributed by atoms with Gasteiger partial charge in [0.25, 0.3) is 0 Å². The van der Waals surface area contributed by atoms with E-state index in [1.807, 2.05) is 13.1 Å². The van der Waals surface area contributed by atoms with Crippen molar-refractivity contribution < 1.29 is 41.8 Å². The number of hydrogen-bond acceptors (Lipinski definition) is 2. The second kappa shape index (κ2) is 7.43. The molecule has 0 bridgehead atoms. The van der Waals surface area contributed by atoms with Crippen LogP contribution in [0, 0.1) is 24.2 Å². The maximum absolute atomic E-state index is 14.1. The summed E-state index contributed by atoms with van der Waals surface area (Å²) in [5, 5.41) is 0. The summed E-state index contributed by atoms with van der Waals surface area (Å²) in [6.07, 6.45) is 11.6. The Hall–Kier alpha value is -1.37. The van der Waals surface area contributed by atoms with Crippen molar-refractivity contribution in [2.75, 3.05) is 13.7 Å². The van der Waals surface area contributed by atoms with Crippen LogP contribution in [-0.4, -0.2) is 18.6 Å². The number of likely N-dealkylation sites (N-methyl/N-ethyl adjacent to an activating group) is 1. The van der Waals surface area contributed by atoms with Crippen molar-refractivity contribution in [3.05, 3.63) is 60.1 Å². The van der Waals surface area contributed by atoms with E-state index in [0.717, 1.165) is 5.70 Å². The molecule has 1 heterocycles. The van der Waals surface area contributed by atoms with Crippen LogP contribution in [-0.2, 0) is 32.7 Å². The molecule has 2 rings (SSSR count). The summed E-state index contributed by atoms with van der Waals surface area (Å²) in [5.41, 5.74) is 1.86. The summed E-state index contributed by atoms with van der Waals surface area (Å²) in [4.78, 5) is 1.78. The molecule has 0 aromatic heterocycles. The molecule has 0 unspecified atom stereocenters. The van der Waals surface area contributed by atoms with Crippen LogP contribution in [0.2, 0.25) is 0 Å². The fourth-order valence-electron chi connectivity index (χ4n) is 1.73. The molecule has 0 spiro atoms. The van der Waals surface area contributed by atoms with Gasteiger partial charge in [-0.2, -0.15) is 12.2 Å². The van der Waals surface area contributed by atoms with Gasteiger partial charge in [0.05, 0.1) is 5.82 Å². The van der Waals surface area contributed by atoms with Crippen LogP contribution in [0.4, 0.5) is 4.39 Å². The Bertz CT molecular complexity index is 613. The molecule has 0 saturated carbocycles. The van der Waals surface area contributed by atoms with Crippen molar-refractivity contribution in [2.24, 2.45) is 0 Å². The molecule has 4 heteroatoms. The van der Waals surface area contributed by atoms with Crippen molar-refractivity contribution in [1.29, 1.82) is 0 Å². The maximum atomic E-state index is 14.1. The molecule has 0 N–H and O–H groups in total. The van der Waals surface area contributed by atoms with Gasteiger partial charge in [-0.3, -0.25) is 0 Å². The topological polar surface area (TPSA) is 12.5 Å². The minimum absolute atomic E-state index is 0. The van der Waals surface area contributed by atoms with Gasteiger partial charge in [0.1, 0.15) is 12.4 Å². The van der Waals surface area contributed by atoms with E-state index >= 15 is 0 Å². The van der Waals surface area contributed by atoms with Gasteiger partial charge in [0.15, 0.2) is 0 Å². The van der Waals surface area contributed by atoms with E-state index in [1.165, 1.54) is 6.07 Å². The van der Waals surface area contributed by atoms with Gasteiger partial charge in [-0.25, -0.2) is 4.39 Å². The van der Waals surface area contributed by atoms with Crippen molar-refractivity contribution >= 4 is 5.70 Å². The SMILES string of the molecule is C#CCOc1ccc(C2=[C-]C=CC(=C)N2C)c(F)c1.[Y]. The van der Waals surface area contributed by atoms with Crippen LogP contribution in [0.25, 0.3) is 5.70 Å². The average Bonchev–Trinajstić information content (AvgIpc) is 2.40. The molecule has 2 nitrogen and oxygen atoms in total. The molecule has 1 radical (unpaired) electrons. The number of nitrogens with zero attached hydrogens (tertiary/aromatic N) is 1. The molecular weight excluding hydrogens is 330 g/mol. The Morgan fingerprint density at radius 3 is 2.90 bits per heavy atom. The summed E-state index contributed by atoms with van der Waals surface area (Å²) in [6.45, 7) is 3.99. The summed E-state index contributed by atoms with van der Waals surface area (Å²) in [5.74, 6) is 2.36. The Morgan fingerprint density at radius 1 is 1.50 bits per heavy atom. The zero-order chi connectivity index (χ0) is 13.8. The third kappa shape index (κ3) is 3.59. The number of hydrogen-bond donors (Lipinski definition) is 0. The number of allylic oxidation sites excluding steroid dienone is 3. The Morgan fingerprint density at radius 2 is 2.25 bits per heavy atom. The van der Waals surface area contributed by atoms with Crippen LogP contribution in [0.3, 0.4) is 0 Å². The van der Waals surface area contributed by atoms with E-state index in [4.69, 9.17) is 11.2 Å². The predicted octanol–water partition coefficient (Wildman–Crippen LogP) is 2.99. The first-order valence-electron chi connectivity index (χ1n) is 5.72. The molecule has 1 aliphatic rings. The molecule has 1 aliphatic heterocycles. The monoisotopic (exact) mass is 343 g/mol. The normalized spacial score (nSPS) is 13.3. The van der Waals surface area contributed by atoms with Crippen molar-refractivity contribution in [2.45, 2.75) is 0 Å². The fraction of sp³-hybridized carbons (Fsp3) is 0.125. The number of ether oxygens (including phenoxy) is 1. The van der Waals surface area contributed by atoms with E-state index in [2.05, 4.69) is 18.6 Å². The van der Waals surface area contributed by atoms with Gasteiger partial charge in [-0.05, 0) is 11.8 Å². The van der Waals surface area contributed by atoms with Crippen molar-refractivity contribution in [3.8, 4) is 18.1 Å². The number of benzene rings is 1. The number of halogens is 1. The molecular formula is C16H13FNOY-. The molecule has 1 aromatic rings. The zero-order valence-corrected chi connectivity index (χ0v) is 14.0. The molecule has 0 amide bonds. The minimum atomic E-state index is -0.382. The third-order valence-corrected chi connectivity index (χ3v) is 2.78. The van der Waals surface area contributed by atoms with Crippen molar-refractivity contribution in [1.82, 2.24) is 4.90 Å². The van der Waals surface area contributed by atoms with Gasteiger partial charge in [0.2, 0.25) is 0 Å². The third-order valence-electron chi connectivity index (χ3n) is 2.78. The maximum Gasteiger partial charge on any atom is 0.148 e. The summed E-state index contributed by atoms with van der Waals surface area (Å²) >= 11 is 0. The first-order chi connectivity index (χ1) is 9.13. The summed E-state index contributed by atoms with van der Waals surface area (Å²) in [6, 6.07) is 4.64. The second-order valence-corrected chi connectivity index (χ2v) is 4.01. The molecule has 20 heavy (non-hydrogen) atoms. The first kappa shape index (κ1) is 16.7. The van der Waals surface area contributed by atoms with E-state index in [9.17, 15) is 4.39 Å². The van der Waals surface area contributed by atoms with Gasteiger partial charge < -0.3 is 9.64 Å². The molecule has 0 fully saturated rings. The van der Waals surface area contributed by atoms with Gasteiger partial charge in [-0.1, -0.05) is 23.8 Å². The Balaban J connectivity index is 0.00000200. The zero-order valence-electron chi connectivity index (χ0n) is 11.2. The minimum Gasteiger partial charge on any atom is -0.481 e. The van der Waals surface area contributed by atoms with Crippen LogP contribution in [0.15, 0.2) is 42.6 Å². The van der Waals surface area contributed by atoms with Gasteiger partial charge in [-0.15, -0.1) is 18.6 Å². The average molecular weight is 343 g/mol. The fourth-order valence-corrected chi connectivity index (χ4v) is 1.73. The van der Waals surface area contributed by atoms with Crippen LogP contribution < -0.4 is 4.74 Å². The van der Waals surface area contributed by atoms with Crippen LogP contribution in [0.5, 0.6) is 5.75 Å². The van der Waals surface area contributed by atoms with E-state index < -0.39 is 0 Å². The molecule has 0 atom stereocenters. The Labute approximate surface area is 143 Å². The van der Waals surface area contributed by atoms with Crippen LogP contribution >= 0.6 is 0 Å². The molecule has 1 aromatic carbocycles. The van der Waals surface area contributed by atoms with Gasteiger partial charge in [0, 0.05) is 45.8 Å². The van der Waals surface area contributed by atoms with E-state index in [0.29, 0.717) is 17.0 Å². The van der Waals surface area contributed by atoms with E-state index in [-0.39, 0.29) is 45.1 Å². The quantitative estimate of drug-likeness (QED) is 0.618. The molecule has 99 valence electrons. The number of rotatable bonds is 3. The number of terminal acetylenes is 1. The summed E-state index contributed by atoms with van der Waals surface area (Å²) < 4.78 is 19.3. The smallest absolute Gasteiger partial charge is 0.148 e. The largest absolute Gasteiger partial charge is 0.481 e. The Kier molecular flexibility index (Phi) is 6.20. The molecule has 0 saturated heterocycles. The standard InChI is InChI=1S/C16H13FNO.Y/c1-4-10-19-13-8-9-14(15(17)11-13)16-7-5-6-12(2)18(16)3;/h1,5-6,8-9,11H,2,10H2,3H3;/q-1;. The first-order valence-corrected chi connectivity index (χ1v) is 5.72. The predicted molar refractivity (Wildman–Crippen MR) is 73.4 cm³/mol. The van der Waals surface area contributed by atoms with Crippen LogP contribution in [0.1, 0.15) is 5.56 Å².